The third-order valence-corrected chi connectivity index (χ3v) is 3.16. The van der Waals surface area contributed by atoms with Gasteiger partial charge in [0.1, 0.15) is 11.1 Å². The molecule has 2 heterocycles. The topological polar surface area (TPSA) is 59.7 Å². The number of fused-ring (bicyclic) bond motifs is 1. The van der Waals surface area contributed by atoms with Crippen molar-refractivity contribution >= 4 is 17.2 Å². The molecule has 2 aromatic heterocycles. The van der Waals surface area contributed by atoms with Crippen LogP contribution in [0.1, 0.15) is 26.5 Å². The van der Waals surface area contributed by atoms with Gasteiger partial charge in [-0.15, -0.1) is 0 Å². The van der Waals surface area contributed by atoms with Crippen LogP contribution in [0.25, 0.3) is 5.65 Å². The van der Waals surface area contributed by atoms with Gasteiger partial charge >= 0.3 is 0 Å². The zero-order valence-corrected chi connectivity index (χ0v) is 11.6. The van der Waals surface area contributed by atoms with Crippen LogP contribution in [-0.4, -0.2) is 31.4 Å². The summed E-state index contributed by atoms with van der Waals surface area (Å²) >= 11 is 5.95. The van der Waals surface area contributed by atoms with Crippen molar-refractivity contribution in [2.24, 2.45) is 0 Å². The van der Waals surface area contributed by atoms with Gasteiger partial charge in [0.2, 0.25) is 0 Å². The Balaban J connectivity index is 2.37. The molecule has 5 nitrogen and oxygen atoms in total. The van der Waals surface area contributed by atoms with E-state index in [1.807, 2.05) is 6.92 Å². The smallest absolute Gasteiger partial charge is 0.174 e. The first kappa shape index (κ1) is 13.1. The van der Waals surface area contributed by atoms with E-state index in [4.69, 9.17) is 16.3 Å². The fourth-order valence-corrected chi connectivity index (χ4v) is 1.58. The molecule has 18 heavy (non-hydrogen) atoms. The molecule has 0 aromatic carbocycles. The Labute approximate surface area is 110 Å². The summed E-state index contributed by atoms with van der Waals surface area (Å²) in [5.41, 5.74) is 0.377. The molecule has 0 fully saturated rings. The van der Waals surface area contributed by atoms with E-state index in [-0.39, 0.29) is 6.10 Å². The van der Waals surface area contributed by atoms with Crippen molar-refractivity contribution in [2.45, 2.75) is 39.4 Å². The molecule has 1 atom stereocenters. The molecule has 2 rings (SSSR count). The van der Waals surface area contributed by atoms with E-state index in [1.54, 1.807) is 31.5 Å². The van der Waals surface area contributed by atoms with Crippen molar-refractivity contribution in [1.29, 1.82) is 0 Å². The number of hydrogen-bond acceptors (Lipinski definition) is 4. The minimum atomic E-state index is -0.927. The zero-order valence-electron chi connectivity index (χ0n) is 10.8. The standard InChI is InChI=1S/C12H16ClN3O2/c1-7-10(18-8(2)12(3,4)17)6-16-11(15-7)9(13)5-14-16/h5-6,8,17H,1-4H3/t8-/m1/s1. The van der Waals surface area contributed by atoms with Crippen molar-refractivity contribution < 1.29 is 9.84 Å². The van der Waals surface area contributed by atoms with Gasteiger partial charge in [0, 0.05) is 0 Å². The highest BCUT2D eigenvalue weighted by Crippen LogP contribution is 2.23. The van der Waals surface area contributed by atoms with Crippen LogP contribution in [0.3, 0.4) is 0 Å². The van der Waals surface area contributed by atoms with Gasteiger partial charge in [-0.2, -0.15) is 5.10 Å². The molecule has 0 aliphatic rings. The molecule has 0 saturated heterocycles. The summed E-state index contributed by atoms with van der Waals surface area (Å²) in [4.78, 5) is 4.33. The van der Waals surface area contributed by atoms with Crippen molar-refractivity contribution in [3.8, 4) is 5.75 Å². The Morgan fingerprint density at radius 2 is 2.17 bits per heavy atom. The largest absolute Gasteiger partial charge is 0.484 e. The second kappa shape index (κ2) is 4.40. The third-order valence-electron chi connectivity index (χ3n) is 2.89. The van der Waals surface area contributed by atoms with Gasteiger partial charge in [-0.3, -0.25) is 0 Å². The lowest BCUT2D eigenvalue weighted by Crippen LogP contribution is -2.38. The predicted octanol–water partition coefficient (Wildman–Crippen LogP) is 2.23. The van der Waals surface area contributed by atoms with Gasteiger partial charge in [-0.1, -0.05) is 11.6 Å². The summed E-state index contributed by atoms with van der Waals surface area (Å²) in [6.07, 6.45) is 2.89. The van der Waals surface area contributed by atoms with Crippen LogP contribution in [0.5, 0.6) is 5.75 Å². The monoisotopic (exact) mass is 269 g/mol. The van der Waals surface area contributed by atoms with Crippen LogP contribution in [0.2, 0.25) is 5.02 Å². The summed E-state index contributed by atoms with van der Waals surface area (Å²) < 4.78 is 7.27. The van der Waals surface area contributed by atoms with E-state index in [1.165, 1.54) is 6.20 Å². The summed E-state index contributed by atoms with van der Waals surface area (Å²) in [5.74, 6) is 0.580. The summed E-state index contributed by atoms with van der Waals surface area (Å²) in [5, 5.41) is 14.4. The minimum Gasteiger partial charge on any atom is -0.484 e. The highest BCUT2D eigenvalue weighted by Gasteiger charge is 2.25. The molecule has 0 amide bonds. The van der Waals surface area contributed by atoms with E-state index in [9.17, 15) is 5.11 Å². The molecule has 0 unspecified atom stereocenters. The van der Waals surface area contributed by atoms with Crippen LogP contribution in [0.15, 0.2) is 12.4 Å². The number of aryl methyl sites for hydroxylation is 1. The van der Waals surface area contributed by atoms with Crippen LogP contribution in [-0.2, 0) is 0 Å². The maximum Gasteiger partial charge on any atom is 0.174 e. The first-order valence-electron chi connectivity index (χ1n) is 5.68. The second-order valence-corrected chi connectivity index (χ2v) is 5.27. The van der Waals surface area contributed by atoms with Gasteiger partial charge in [0.15, 0.2) is 11.4 Å². The van der Waals surface area contributed by atoms with Gasteiger partial charge < -0.3 is 9.84 Å². The first-order chi connectivity index (χ1) is 8.29. The summed E-state index contributed by atoms with van der Waals surface area (Å²) in [6.45, 7) is 7.03. The summed E-state index contributed by atoms with van der Waals surface area (Å²) in [6, 6.07) is 0. The molecule has 0 radical (unpaired) electrons. The lowest BCUT2D eigenvalue weighted by atomic mass is 10.0. The van der Waals surface area contributed by atoms with Gasteiger partial charge in [-0.25, -0.2) is 9.50 Å². The second-order valence-electron chi connectivity index (χ2n) is 4.86. The average molecular weight is 270 g/mol. The maximum absolute atomic E-state index is 9.87. The van der Waals surface area contributed by atoms with Gasteiger partial charge in [0.25, 0.3) is 0 Å². The maximum atomic E-state index is 9.87. The van der Waals surface area contributed by atoms with E-state index < -0.39 is 5.60 Å². The average Bonchev–Trinajstić information content (AvgIpc) is 2.59. The number of rotatable bonds is 3. The Bertz CT molecular complexity index is 574. The first-order valence-corrected chi connectivity index (χ1v) is 6.06. The highest BCUT2D eigenvalue weighted by atomic mass is 35.5. The Morgan fingerprint density at radius 3 is 2.78 bits per heavy atom. The zero-order chi connectivity index (χ0) is 13.5. The van der Waals surface area contributed by atoms with Crippen LogP contribution in [0, 0.1) is 6.92 Å². The Kier molecular flexibility index (Phi) is 3.21. The number of aliphatic hydroxyl groups is 1. The van der Waals surface area contributed by atoms with Crippen molar-refractivity contribution in [1.82, 2.24) is 14.6 Å². The van der Waals surface area contributed by atoms with E-state index >= 15 is 0 Å². The van der Waals surface area contributed by atoms with E-state index in [0.717, 1.165) is 0 Å². The molecule has 6 heteroatoms. The van der Waals surface area contributed by atoms with Crippen LogP contribution in [0.4, 0.5) is 0 Å². The van der Waals surface area contributed by atoms with E-state index in [2.05, 4.69) is 10.1 Å². The Hall–Kier alpha value is -1.33. The van der Waals surface area contributed by atoms with Crippen molar-refractivity contribution in [2.75, 3.05) is 0 Å². The minimum absolute atomic E-state index is 0.360. The lowest BCUT2D eigenvalue weighted by Gasteiger charge is -2.26. The molecule has 0 saturated carbocycles. The molecule has 0 aliphatic heterocycles. The molecule has 0 aliphatic carbocycles. The molecular formula is C12H16ClN3O2. The highest BCUT2D eigenvalue weighted by molar-refractivity contribution is 6.33. The third kappa shape index (κ3) is 2.42. The molecular weight excluding hydrogens is 254 g/mol. The van der Waals surface area contributed by atoms with Crippen molar-refractivity contribution in [3.63, 3.8) is 0 Å². The molecule has 0 spiro atoms. The molecule has 0 bridgehead atoms. The number of hydrogen-bond donors (Lipinski definition) is 1. The number of ether oxygens (including phenoxy) is 1. The fraction of sp³-hybridized carbons (Fsp3) is 0.500. The molecule has 98 valence electrons. The van der Waals surface area contributed by atoms with Gasteiger partial charge in [0.05, 0.1) is 23.7 Å². The predicted molar refractivity (Wildman–Crippen MR) is 69.1 cm³/mol. The summed E-state index contributed by atoms with van der Waals surface area (Å²) in [7, 11) is 0. The fourth-order valence-electron chi connectivity index (χ4n) is 1.40. The normalized spacial score (nSPS) is 13.9. The quantitative estimate of drug-likeness (QED) is 0.928. The number of aromatic nitrogens is 3. The molecule has 2 aromatic rings. The SMILES string of the molecule is Cc1nc2c(Cl)cnn2cc1O[C@H](C)C(C)(C)O. The van der Waals surface area contributed by atoms with E-state index in [0.29, 0.717) is 22.1 Å². The van der Waals surface area contributed by atoms with Crippen LogP contribution < -0.4 is 4.74 Å². The lowest BCUT2D eigenvalue weighted by molar-refractivity contribution is -0.0247. The number of nitrogens with zero attached hydrogens (tertiary/aromatic N) is 3. The molecule has 1 N–H and O–H groups in total. The van der Waals surface area contributed by atoms with Gasteiger partial charge in [-0.05, 0) is 27.7 Å². The number of halogens is 1. The van der Waals surface area contributed by atoms with Crippen molar-refractivity contribution in [3.05, 3.63) is 23.1 Å². The Morgan fingerprint density at radius 1 is 1.50 bits per heavy atom. The van der Waals surface area contributed by atoms with Crippen LogP contribution >= 0.6 is 11.6 Å².